The molecule has 0 aliphatic heterocycles. The Morgan fingerprint density at radius 2 is 1.95 bits per heavy atom. The summed E-state index contributed by atoms with van der Waals surface area (Å²) in [6.45, 7) is 2.32. The molecular weight excluding hydrogens is 348 g/mol. The lowest BCUT2D eigenvalue weighted by atomic mass is 10.1. The molecule has 0 aliphatic carbocycles. The molecule has 0 saturated heterocycles. The van der Waals surface area contributed by atoms with Crippen LogP contribution in [0.3, 0.4) is 0 Å². The van der Waals surface area contributed by atoms with Crippen LogP contribution in [0.2, 0.25) is 0 Å². The number of nitro benzene ring substituents is 1. The lowest BCUT2D eigenvalue weighted by molar-refractivity contribution is -0.383. The van der Waals surface area contributed by atoms with Crippen LogP contribution in [0.1, 0.15) is 11.3 Å². The van der Waals surface area contributed by atoms with Crippen molar-refractivity contribution in [2.75, 3.05) is 5.32 Å². The highest BCUT2D eigenvalue weighted by molar-refractivity contribution is 9.10. The zero-order valence-electron chi connectivity index (χ0n) is 11.8. The van der Waals surface area contributed by atoms with Gasteiger partial charge in [0.25, 0.3) is 5.69 Å². The third-order valence-corrected chi connectivity index (χ3v) is 3.91. The molecule has 0 atom stereocenters. The summed E-state index contributed by atoms with van der Waals surface area (Å²) in [5, 5.41) is 15.2. The lowest BCUT2D eigenvalue weighted by Gasteiger charge is -2.08. The Balaban J connectivity index is 1.98. The van der Waals surface area contributed by atoms with Gasteiger partial charge in [0, 0.05) is 17.1 Å². The van der Waals surface area contributed by atoms with Gasteiger partial charge >= 0.3 is 0 Å². The molecule has 0 radical (unpaired) electrons. The fourth-order valence-corrected chi connectivity index (χ4v) is 2.62. The van der Waals surface area contributed by atoms with Crippen molar-refractivity contribution in [1.29, 1.82) is 0 Å². The van der Waals surface area contributed by atoms with Gasteiger partial charge in [-0.25, -0.2) is 0 Å². The van der Waals surface area contributed by atoms with E-state index in [4.69, 9.17) is 4.42 Å². The molecule has 3 aromatic rings. The number of fused-ring (bicyclic) bond motifs is 1. The number of hydrogen-bond donors (Lipinski definition) is 1. The van der Waals surface area contributed by atoms with Crippen molar-refractivity contribution in [3.63, 3.8) is 0 Å². The zero-order chi connectivity index (χ0) is 15.7. The van der Waals surface area contributed by atoms with E-state index in [2.05, 4.69) is 21.2 Å². The van der Waals surface area contributed by atoms with E-state index >= 15 is 0 Å². The minimum atomic E-state index is -0.383. The molecule has 0 amide bonds. The summed E-state index contributed by atoms with van der Waals surface area (Å²) in [6, 6.07) is 12.7. The number of nitro groups is 1. The zero-order valence-corrected chi connectivity index (χ0v) is 13.4. The molecule has 2 aromatic carbocycles. The Morgan fingerprint density at radius 3 is 2.64 bits per heavy atom. The van der Waals surface area contributed by atoms with Crippen molar-refractivity contribution < 1.29 is 9.34 Å². The molecule has 5 nitrogen and oxygen atoms in total. The van der Waals surface area contributed by atoms with Crippen molar-refractivity contribution in [3.8, 4) is 0 Å². The summed E-state index contributed by atoms with van der Waals surface area (Å²) in [6.07, 6.45) is 0. The number of rotatable bonds is 4. The first-order valence-corrected chi connectivity index (χ1v) is 7.50. The number of anilines is 1. The molecule has 22 heavy (non-hydrogen) atoms. The van der Waals surface area contributed by atoms with Crippen molar-refractivity contribution in [2.24, 2.45) is 0 Å². The quantitative estimate of drug-likeness (QED) is 0.523. The number of nitrogens with one attached hydrogen (secondary N) is 1. The molecule has 1 aromatic heterocycles. The Morgan fingerprint density at radius 1 is 1.23 bits per heavy atom. The predicted octanol–water partition coefficient (Wildman–Crippen LogP) is 5.02. The normalized spacial score (nSPS) is 10.8. The van der Waals surface area contributed by atoms with Gasteiger partial charge in [0.1, 0.15) is 17.0 Å². The Kier molecular flexibility index (Phi) is 3.85. The maximum absolute atomic E-state index is 11.3. The van der Waals surface area contributed by atoms with Gasteiger partial charge < -0.3 is 9.73 Å². The Labute approximate surface area is 135 Å². The molecule has 0 saturated carbocycles. The van der Waals surface area contributed by atoms with Gasteiger partial charge in [0.05, 0.1) is 10.3 Å². The fraction of sp³-hybridized carbons (Fsp3) is 0.125. The standard InChI is InChI=1S/C16H13BrN2O3/c1-10-8-13-15(22-10)7-6-14(19(20)21)16(13)18-9-11-2-4-12(17)5-3-11/h2-8,18H,9H2,1H3. The van der Waals surface area contributed by atoms with Crippen LogP contribution in [0.4, 0.5) is 11.4 Å². The van der Waals surface area contributed by atoms with Crippen LogP contribution >= 0.6 is 15.9 Å². The molecule has 0 fully saturated rings. The molecule has 1 N–H and O–H groups in total. The van der Waals surface area contributed by atoms with E-state index in [1.54, 1.807) is 6.07 Å². The molecule has 1 heterocycles. The summed E-state index contributed by atoms with van der Waals surface area (Å²) in [4.78, 5) is 10.9. The summed E-state index contributed by atoms with van der Waals surface area (Å²) in [5.74, 6) is 0.724. The van der Waals surface area contributed by atoms with Crippen molar-refractivity contribution in [2.45, 2.75) is 13.5 Å². The molecule has 0 bridgehead atoms. The van der Waals surface area contributed by atoms with Gasteiger partial charge in [-0.15, -0.1) is 0 Å². The van der Waals surface area contributed by atoms with Crippen LogP contribution in [0, 0.1) is 17.0 Å². The van der Waals surface area contributed by atoms with Crippen LogP contribution in [0.5, 0.6) is 0 Å². The summed E-state index contributed by atoms with van der Waals surface area (Å²) in [7, 11) is 0. The lowest BCUT2D eigenvalue weighted by Crippen LogP contribution is -2.03. The third-order valence-electron chi connectivity index (χ3n) is 3.38. The maximum atomic E-state index is 11.3. The van der Waals surface area contributed by atoms with E-state index in [1.165, 1.54) is 6.07 Å². The number of aryl methyl sites for hydroxylation is 1. The van der Waals surface area contributed by atoms with Gasteiger partial charge in [-0.1, -0.05) is 28.1 Å². The SMILES string of the molecule is Cc1cc2c(NCc3ccc(Br)cc3)c([N+](=O)[O-])ccc2o1. The number of furan rings is 1. The van der Waals surface area contributed by atoms with Crippen LogP contribution in [0.25, 0.3) is 11.0 Å². The largest absolute Gasteiger partial charge is 0.461 e. The Hall–Kier alpha value is -2.34. The molecule has 0 aliphatic rings. The maximum Gasteiger partial charge on any atom is 0.293 e. The highest BCUT2D eigenvalue weighted by Crippen LogP contribution is 2.35. The summed E-state index contributed by atoms with van der Waals surface area (Å²) < 4.78 is 6.54. The smallest absolute Gasteiger partial charge is 0.293 e. The topological polar surface area (TPSA) is 68.3 Å². The van der Waals surface area contributed by atoms with Crippen LogP contribution in [-0.4, -0.2) is 4.92 Å². The number of halogens is 1. The molecule has 3 rings (SSSR count). The second kappa shape index (κ2) is 5.81. The third kappa shape index (κ3) is 2.82. The monoisotopic (exact) mass is 360 g/mol. The van der Waals surface area contributed by atoms with Gasteiger partial charge in [-0.2, -0.15) is 0 Å². The van der Waals surface area contributed by atoms with E-state index in [9.17, 15) is 10.1 Å². The van der Waals surface area contributed by atoms with E-state index in [1.807, 2.05) is 37.3 Å². The minimum absolute atomic E-state index is 0.0467. The summed E-state index contributed by atoms with van der Waals surface area (Å²) in [5.41, 5.74) is 2.21. The second-order valence-corrected chi connectivity index (χ2v) is 5.88. The first kappa shape index (κ1) is 14.6. The summed E-state index contributed by atoms with van der Waals surface area (Å²) >= 11 is 3.39. The highest BCUT2D eigenvalue weighted by atomic mass is 79.9. The number of hydrogen-bond acceptors (Lipinski definition) is 4. The van der Waals surface area contributed by atoms with Gasteiger partial charge in [0.2, 0.25) is 0 Å². The van der Waals surface area contributed by atoms with E-state index < -0.39 is 0 Å². The van der Waals surface area contributed by atoms with Gasteiger partial charge in [-0.05, 0) is 36.8 Å². The first-order chi connectivity index (χ1) is 10.5. The van der Waals surface area contributed by atoms with Crippen molar-refractivity contribution in [1.82, 2.24) is 0 Å². The highest BCUT2D eigenvalue weighted by Gasteiger charge is 2.18. The predicted molar refractivity (Wildman–Crippen MR) is 89.1 cm³/mol. The molecule has 6 heteroatoms. The number of nitrogens with zero attached hydrogens (tertiary/aromatic N) is 1. The van der Waals surface area contributed by atoms with Crippen LogP contribution in [0.15, 0.2) is 51.4 Å². The molecule has 112 valence electrons. The average molecular weight is 361 g/mol. The first-order valence-electron chi connectivity index (χ1n) is 6.70. The number of benzene rings is 2. The fourth-order valence-electron chi connectivity index (χ4n) is 2.36. The Bertz CT molecular complexity index is 840. The van der Waals surface area contributed by atoms with E-state index in [0.717, 1.165) is 21.2 Å². The van der Waals surface area contributed by atoms with E-state index in [-0.39, 0.29) is 10.6 Å². The van der Waals surface area contributed by atoms with Crippen LogP contribution < -0.4 is 5.32 Å². The molecular formula is C16H13BrN2O3. The minimum Gasteiger partial charge on any atom is -0.461 e. The van der Waals surface area contributed by atoms with Crippen molar-refractivity contribution in [3.05, 3.63) is 68.4 Å². The van der Waals surface area contributed by atoms with Crippen molar-refractivity contribution >= 4 is 38.3 Å². The van der Waals surface area contributed by atoms with Crippen LogP contribution in [-0.2, 0) is 6.54 Å². The average Bonchev–Trinajstić information content (AvgIpc) is 2.86. The van der Waals surface area contributed by atoms with E-state index in [0.29, 0.717) is 17.8 Å². The van der Waals surface area contributed by atoms with Gasteiger partial charge in [-0.3, -0.25) is 10.1 Å². The molecule has 0 unspecified atom stereocenters. The van der Waals surface area contributed by atoms with Gasteiger partial charge in [0.15, 0.2) is 0 Å². The second-order valence-electron chi connectivity index (χ2n) is 4.97. The molecule has 0 spiro atoms.